The smallest absolute Gasteiger partial charge is 0.253 e. The number of carbonyl (C=O) groups excluding carboxylic acids is 1. The van der Waals surface area contributed by atoms with Crippen molar-refractivity contribution in [2.24, 2.45) is 0 Å². The van der Waals surface area contributed by atoms with Crippen LogP contribution >= 0.6 is 0 Å². The van der Waals surface area contributed by atoms with Gasteiger partial charge in [-0.2, -0.15) is 4.31 Å². The number of piperazine rings is 1. The molecule has 0 unspecified atom stereocenters. The summed E-state index contributed by atoms with van der Waals surface area (Å²) in [6.45, 7) is 5.62. The molecule has 0 N–H and O–H groups in total. The first-order valence-corrected chi connectivity index (χ1v) is 8.45. The van der Waals surface area contributed by atoms with Crippen molar-refractivity contribution in [2.45, 2.75) is 13.8 Å². The molecule has 1 aromatic rings. The lowest BCUT2D eigenvalue weighted by atomic mass is 10.1. The van der Waals surface area contributed by atoms with Crippen LogP contribution in [0.3, 0.4) is 0 Å². The maximum atomic E-state index is 12.4. The van der Waals surface area contributed by atoms with Gasteiger partial charge in [0.15, 0.2) is 0 Å². The van der Waals surface area contributed by atoms with Crippen LogP contribution in [-0.2, 0) is 10.0 Å². The molecule has 1 heterocycles. The summed E-state index contributed by atoms with van der Waals surface area (Å²) in [7, 11) is -3.16. The number of benzene rings is 1. The minimum atomic E-state index is -3.16. The number of hydrogen-bond acceptors (Lipinski definition) is 3. The third-order valence-corrected chi connectivity index (χ3v) is 5.05. The zero-order valence-corrected chi connectivity index (χ0v) is 12.9. The zero-order valence-electron chi connectivity index (χ0n) is 12.1. The number of aryl methyl sites for hydroxylation is 2. The van der Waals surface area contributed by atoms with E-state index in [9.17, 15) is 13.2 Å². The lowest BCUT2D eigenvalue weighted by molar-refractivity contribution is 0.0698. The molecule has 1 amide bonds. The van der Waals surface area contributed by atoms with Gasteiger partial charge in [-0.05, 0) is 37.1 Å². The molecule has 1 aromatic carbocycles. The van der Waals surface area contributed by atoms with Crippen LogP contribution in [0.5, 0.6) is 0 Å². The normalized spacial score (nSPS) is 17.2. The molecule has 110 valence electrons. The number of amides is 1. The third-order valence-electron chi connectivity index (χ3n) is 3.75. The summed E-state index contributed by atoms with van der Waals surface area (Å²) in [5, 5.41) is 0. The van der Waals surface area contributed by atoms with Gasteiger partial charge in [0.1, 0.15) is 0 Å². The van der Waals surface area contributed by atoms with E-state index in [2.05, 4.69) is 0 Å². The summed E-state index contributed by atoms with van der Waals surface area (Å²) in [5.74, 6) is -0.0266. The third kappa shape index (κ3) is 3.19. The Labute approximate surface area is 120 Å². The van der Waals surface area contributed by atoms with Crippen molar-refractivity contribution in [3.8, 4) is 0 Å². The Morgan fingerprint density at radius 2 is 1.65 bits per heavy atom. The highest BCUT2D eigenvalue weighted by atomic mass is 32.2. The Bertz CT molecular complexity index is 617. The lowest BCUT2D eigenvalue weighted by Crippen LogP contribution is -2.50. The highest BCUT2D eigenvalue weighted by Crippen LogP contribution is 2.14. The minimum absolute atomic E-state index is 0.0266. The fraction of sp³-hybridized carbons (Fsp3) is 0.500. The van der Waals surface area contributed by atoms with Crippen molar-refractivity contribution >= 4 is 15.9 Å². The van der Waals surface area contributed by atoms with Gasteiger partial charge < -0.3 is 4.90 Å². The number of nitrogens with zero attached hydrogens (tertiary/aromatic N) is 2. The van der Waals surface area contributed by atoms with Crippen LogP contribution in [0.25, 0.3) is 0 Å². The second-order valence-corrected chi connectivity index (χ2v) is 7.24. The quantitative estimate of drug-likeness (QED) is 0.819. The van der Waals surface area contributed by atoms with E-state index in [4.69, 9.17) is 0 Å². The lowest BCUT2D eigenvalue weighted by Gasteiger charge is -2.33. The van der Waals surface area contributed by atoms with Crippen LogP contribution in [-0.4, -0.2) is 56.0 Å². The second kappa shape index (κ2) is 5.54. The maximum Gasteiger partial charge on any atom is 0.253 e. The van der Waals surface area contributed by atoms with Crippen molar-refractivity contribution in [1.82, 2.24) is 9.21 Å². The fourth-order valence-electron chi connectivity index (χ4n) is 2.28. The minimum Gasteiger partial charge on any atom is -0.336 e. The summed E-state index contributed by atoms with van der Waals surface area (Å²) in [6.07, 6.45) is 1.20. The van der Waals surface area contributed by atoms with Crippen LogP contribution in [0.1, 0.15) is 21.5 Å². The summed E-state index contributed by atoms with van der Waals surface area (Å²) >= 11 is 0. The Balaban J connectivity index is 2.07. The highest BCUT2D eigenvalue weighted by molar-refractivity contribution is 7.88. The Morgan fingerprint density at radius 1 is 1.05 bits per heavy atom. The fourth-order valence-corrected chi connectivity index (χ4v) is 3.11. The van der Waals surface area contributed by atoms with Gasteiger partial charge in [-0.25, -0.2) is 8.42 Å². The van der Waals surface area contributed by atoms with Crippen LogP contribution in [0, 0.1) is 13.8 Å². The van der Waals surface area contributed by atoms with Gasteiger partial charge in [0.2, 0.25) is 10.0 Å². The molecule has 0 aromatic heterocycles. The molecule has 0 saturated carbocycles. The van der Waals surface area contributed by atoms with E-state index in [1.165, 1.54) is 10.6 Å². The first-order valence-electron chi connectivity index (χ1n) is 6.60. The summed E-state index contributed by atoms with van der Waals surface area (Å²) in [6, 6.07) is 5.66. The summed E-state index contributed by atoms with van der Waals surface area (Å²) in [4.78, 5) is 14.1. The van der Waals surface area contributed by atoms with E-state index in [1.807, 2.05) is 32.0 Å². The molecule has 1 aliphatic heterocycles. The first kappa shape index (κ1) is 15.0. The van der Waals surface area contributed by atoms with E-state index in [-0.39, 0.29) is 5.91 Å². The molecule has 1 aliphatic rings. The number of hydrogen-bond donors (Lipinski definition) is 0. The SMILES string of the molecule is Cc1ccc(C(=O)N2CCN(S(C)(=O)=O)CC2)cc1C. The van der Waals surface area contributed by atoms with Gasteiger partial charge in [-0.1, -0.05) is 6.07 Å². The van der Waals surface area contributed by atoms with Crippen molar-refractivity contribution in [3.05, 3.63) is 34.9 Å². The number of rotatable bonds is 2. The molecular formula is C14H20N2O3S. The van der Waals surface area contributed by atoms with Crippen LogP contribution in [0.4, 0.5) is 0 Å². The molecule has 20 heavy (non-hydrogen) atoms. The van der Waals surface area contributed by atoms with Gasteiger partial charge in [0, 0.05) is 31.7 Å². The standard InChI is InChI=1S/C14H20N2O3S/c1-11-4-5-13(10-12(11)2)14(17)15-6-8-16(9-7-15)20(3,18)19/h4-5,10H,6-9H2,1-3H3. The first-order chi connectivity index (χ1) is 9.29. The molecule has 0 spiro atoms. The monoisotopic (exact) mass is 296 g/mol. The number of sulfonamides is 1. The van der Waals surface area contributed by atoms with Gasteiger partial charge in [0.25, 0.3) is 5.91 Å². The molecule has 0 aliphatic carbocycles. The van der Waals surface area contributed by atoms with Gasteiger partial charge in [0.05, 0.1) is 6.26 Å². The van der Waals surface area contributed by atoms with Gasteiger partial charge in [-0.15, -0.1) is 0 Å². The Hall–Kier alpha value is -1.40. The Kier molecular flexibility index (Phi) is 4.15. The molecule has 1 fully saturated rings. The van der Waals surface area contributed by atoms with E-state index >= 15 is 0 Å². The predicted molar refractivity (Wildman–Crippen MR) is 78.2 cm³/mol. The largest absolute Gasteiger partial charge is 0.336 e. The molecule has 0 atom stereocenters. The van der Waals surface area contributed by atoms with Crippen molar-refractivity contribution < 1.29 is 13.2 Å². The molecule has 1 saturated heterocycles. The Morgan fingerprint density at radius 3 is 2.15 bits per heavy atom. The van der Waals surface area contributed by atoms with E-state index in [0.717, 1.165) is 11.1 Å². The van der Waals surface area contributed by atoms with Gasteiger partial charge in [-0.3, -0.25) is 4.79 Å². The van der Waals surface area contributed by atoms with E-state index in [0.29, 0.717) is 31.7 Å². The zero-order chi connectivity index (χ0) is 14.9. The summed E-state index contributed by atoms with van der Waals surface area (Å²) < 4.78 is 24.3. The maximum absolute atomic E-state index is 12.4. The highest BCUT2D eigenvalue weighted by Gasteiger charge is 2.26. The van der Waals surface area contributed by atoms with Crippen LogP contribution < -0.4 is 0 Å². The average molecular weight is 296 g/mol. The van der Waals surface area contributed by atoms with Crippen LogP contribution in [0.2, 0.25) is 0 Å². The van der Waals surface area contributed by atoms with Crippen molar-refractivity contribution in [1.29, 1.82) is 0 Å². The molecule has 0 bridgehead atoms. The van der Waals surface area contributed by atoms with E-state index < -0.39 is 10.0 Å². The topological polar surface area (TPSA) is 57.7 Å². The number of carbonyl (C=O) groups is 1. The molecule has 6 heteroatoms. The molecule has 5 nitrogen and oxygen atoms in total. The van der Waals surface area contributed by atoms with E-state index in [1.54, 1.807) is 4.90 Å². The molecular weight excluding hydrogens is 276 g/mol. The predicted octanol–water partition coefficient (Wildman–Crippen LogP) is 1.02. The molecule has 0 radical (unpaired) electrons. The second-order valence-electron chi connectivity index (χ2n) is 5.25. The molecule has 2 rings (SSSR count). The van der Waals surface area contributed by atoms with Crippen molar-refractivity contribution in [3.63, 3.8) is 0 Å². The van der Waals surface area contributed by atoms with Crippen molar-refractivity contribution in [2.75, 3.05) is 32.4 Å². The summed E-state index contributed by atoms with van der Waals surface area (Å²) in [5.41, 5.74) is 2.91. The van der Waals surface area contributed by atoms with Gasteiger partial charge >= 0.3 is 0 Å². The van der Waals surface area contributed by atoms with Crippen LogP contribution in [0.15, 0.2) is 18.2 Å². The average Bonchev–Trinajstić information content (AvgIpc) is 2.40.